The number of aryl methyl sites for hydroxylation is 1. The van der Waals surface area contributed by atoms with Crippen LogP contribution < -0.4 is 5.32 Å². The van der Waals surface area contributed by atoms with Crippen LogP contribution in [0.3, 0.4) is 0 Å². The first-order valence-corrected chi connectivity index (χ1v) is 7.08. The van der Waals surface area contributed by atoms with Crippen molar-refractivity contribution in [1.82, 2.24) is 5.32 Å². The number of hydrogen-bond donors (Lipinski definition) is 1. The molecule has 1 aliphatic carbocycles. The highest BCUT2D eigenvalue weighted by Gasteiger charge is 2.11. The fraction of sp³-hybridized carbons (Fsp3) is 0.692. The van der Waals surface area contributed by atoms with Crippen LogP contribution in [0.25, 0.3) is 0 Å². The minimum Gasteiger partial charge on any atom is -0.362 e. The van der Waals surface area contributed by atoms with Gasteiger partial charge in [-0.2, -0.15) is 0 Å². The Morgan fingerprint density at radius 2 is 2.19 bits per heavy atom. The third-order valence-corrected chi connectivity index (χ3v) is 4.04. The molecule has 1 heterocycles. The molecular weight excluding hydrogens is 218 g/mol. The molecule has 0 spiro atoms. The van der Waals surface area contributed by atoms with Crippen LogP contribution in [0.2, 0.25) is 0 Å². The van der Waals surface area contributed by atoms with Crippen LogP contribution in [-0.2, 0) is 11.3 Å². The van der Waals surface area contributed by atoms with E-state index in [2.05, 4.69) is 23.7 Å². The van der Waals surface area contributed by atoms with Crippen molar-refractivity contribution >= 4 is 11.3 Å². The molecule has 2 nitrogen and oxygen atoms in total. The van der Waals surface area contributed by atoms with Crippen molar-refractivity contribution in [3.63, 3.8) is 0 Å². The summed E-state index contributed by atoms with van der Waals surface area (Å²) < 4.78 is 5.63. The Balaban J connectivity index is 1.57. The summed E-state index contributed by atoms with van der Waals surface area (Å²) in [6.45, 7) is 3.57. The predicted molar refractivity (Wildman–Crippen MR) is 68.7 cm³/mol. The van der Waals surface area contributed by atoms with E-state index in [0.717, 1.165) is 6.61 Å². The van der Waals surface area contributed by atoms with Crippen LogP contribution in [0.5, 0.6) is 0 Å². The van der Waals surface area contributed by atoms with Crippen molar-refractivity contribution in [2.45, 2.75) is 51.7 Å². The van der Waals surface area contributed by atoms with E-state index in [1.807, 2.05) is 0 Å². The second-order valence-electron chi connectivity index (χ2n) is 4.60. The maximum atomic E-state index is 5.63. The molecule has 0 atom stereocenters. The van der Waals surface area contributed by atoms with E-state index < -0.39 is 0 Å². The third-order valence-electron chi connectivity index (χ3n) is 3.13. The zero-order chi connectivity index (χ0) is 11.2. The van der Waals surface area contributed by atoms with Crippen molar-refractivity contribution < 1.29 is 4.74 Å². The predicted octanol–water partition coefficient (Wildman–Crippen LogP) is 3.45. The molecule has 1 N–H and O–H groups in total. The van der Waals surface area contributed by atoms with E-state index in [1.54, 1.807) is 11.3 Å². The van der Waals surface area contributed by atoms with Gasteiger partial charge in [0.15, 0.2) is 0 Å². The average molecular weight is 239 g/mol. The highest BCUT2D eigenvalue weighted by atomic mass is 32.1. The van der Waals surface area contributed by atoms with Crippen LogP contribution in [0.4, 0.5) is 0 Å². The number of nitrogens with one attached hydrogen (secondary N) is 1. The summed E-state index contributed by atoms with van der Waals surface area (Å²) in [7, 11) is 0. The molecule has 1 aromatic heterocycles. The molecule has 0 bridgehead atoms. The molecule has 1 aliphatic rings. The SMILES string of the molecule is Cc1cc(COCNC2CCCCC2)cs1. The molecule has 0 saturated heterocycles. The lowest BCUT2D eigenvalue weighted by atomic mass is 9.96. The fourth-order valence-electron chi connectivity index (χ4n) is 2.23. The Morgan fingerprint density at radius 3 is 2.88 bits per heavy atom. The van der Waals surface area contributed by atoms with Gasteiger partial charge in [0, 0.05) is 10.9 Å². The van der Waals surface area contributed by atoms with Gasteiger partial charge in [-0.1, -0.05) is 19.3 Å². The van der Waals surface area contributed by atoms with Crippen molar-refractivity contribution in [2.24, 2.45) is 0 Å². The maximum Gasteiger partial charge on any atom is 0.0971 e. The fourth-order valence-corrected chi connectivity index (χ4v) is 2.92. The molecule has 90 valence electrons. The van der Waals surface area contributed by atoms with Crippen LogP contribution in [-0.4, -0.2) is 12.8 Å². The van der Waals surface area contributed by atoms with Crippen LogP contribution in [0.1, 0.15) is 42.5 Å². The van der Waals surface area contributed by atoms with E-state index in [4.69, 9.17) is 4.74 Å². The van der Waals surface area contributed by atoms with Crippen LogP contribution in [0, 0.1) is 6.92 Å². The van der Waals surface area contributed by atoms with E-state index in [0.29, 0.717) is 12.8 Å². The Hall–Kier alpha value is -0.380. The van der Waals surface area contributed by atoms with Crippen LogP contribution >= 0.6 is 11.3 Å². The molecule has 2 rings (SSSR count). The normalized spacial score (nSPS) is 17.8. The summed E-state index contributed by atoms with van der Waals surface area (Å²) in [6, 6.07) is 2.89. The van der Waals surface area contributed by atoms with Crippen molar-refractivity contribution in [3.05, 3.63) is 21.9 Å². The van der Waals surface area contributed by atoms with Crippen molar-refractivity contribution in [1.29, 1.82) is 0 Å². The summed E-state index contributed by atoms with van der Waals surface area (Å²) in [6.07, 6.45) is 6.80. The highest BCUT2D eigenvalue weighted by Crippen LogP contribution is 2.17. The van der Waals surface area contributed by atoms with E-state index >= 15 is 0 Å². The third kappa shape index (κ3) is 3.89. The van der Waals surface area contributed by atoms with Crippen molar-refractivity contribution in [3.8, 4) is 0 Å². The second kappa shape index (κ2) is 6.38. The molecule has 1 saturated carbocycles. The molecule has 0 unspecified atom stereocenters. The van der Waals surface area contributed by atoms with Gasteiger partial charge in [-0.05, 0) is 36.8 Å². The zero-order valence-corrected chi connectivity index (χ0v) is 10.8. The minimum absolute atomic E-state index is 0.693. The summed E-state index contributed by atoms with van der Waals surface area (Å²) >= 11 is 1.79. The van der Waals surface area contributed by atoms with E-state index in [1.165, 1.54) is 42.5 Å². The molecule has 0 aliphatic heterocycles. The maximum absolute atomic E-state index is 5.63. The van der Waals surface area contributed by atoms with Gasteiger partial charge in [0.1, 0.15) is 0 Å². The first-order chi connectivity index (χ1) is 7.84. The lowest BCUT2D eigenvalue weighted by molar-refractivity contribution is 0.0910. The van der Waals surface area contributed by atoms with Gasteiger partial charge in [0.25, 0.3) is 0 Å². The average Bonchev–Trinajstić information content (AvgIpc) is 2.72. The van der Waals surface area contributed by atoms with Gasteiger partial charge in [-0.25, -0.2) is 0 Å². The van der Waals surface area contributed by atoms with Gasteiger partial charge < -0.3 is 4.74 Å². The minimum atomic E-state index is 0.693. The molecule has 3 heteroatoms. The number of thiophene rings is 1. The molecule has 1 aromatic rings. The monoisotopic (exact) mass is 239 g/mol. The topological polar surface area (TPSA) is 21.3 Å². The quantitative estimate of drug-likeness (QED) is 0.627. The molecule has 1 fully saturated rings. The number of hydrogen-bond acceptors (Lipinski definition) is 3. The Labute approximate surface area is 102 Å². The first kappa shape index (κ1) is 12.1. The van der Waals surface area contributed by atoms with E-state index in [-0.39, 0.29) is 0 Å². The lowest BCUT2D eigenvalue weighted by Crippen LogP contribution is -2.32. The van der Waals surface area contributed by atoms with Gasteiger partial charge in [-0.15, -0.1) is 11.3 Å². The summed E-state index contributed by atoms with van der Waals surface area (Å²) in [4.78, 5) is 1.36. The van der Waals surface area contributed by atoms with Crippen LogP contribution in [0.15, 0.2) is 11.4 Å². The Kier molecular flexibility index (Phi) is 4.82. The summed E-state index contributed by atoms with van der Waals surface area (Å²) in [5, 5.41) is 5.66. The highest BCUT2D eigenvalue weighted by molar-refractivity contribution is 7.10. The first-order valence-electron chi connectivity index (χ1n) is 6.20. The van der Waals surface area contributed by atoms with Gasteiger partial charge >= 0.3 is 0 Å². The van der Waals surface area contributed by atoms with E-state index in [9.17, 15) is 0 Å². The molecule has 0 aromatic carbocycles. The molecule has 0 radical (unpaired) electrons. The van der Waals surface area contributed by atoms with Crippen molar-refractivity contribution in [2.75, 3.05) is 6.73 Å². The van der Waals surface area contributed by atoms with Gasteiger partial charge in [0.2, 0.25) is 0 Å². The zero-order valence-electron chi connectivity index (χ0n) is 10.00. The summed E-state index contributed by atoms with van der Waals surface area (Å²) in [5.74, 6) is 0. The Bertz CT molecular complexity index is 305. The molecular formula is C13H21NOS. The molecule has 0 amide bonds. The summed E-state index contributed by atoms with van der Waals surface area (Å²) in [5.41, 5.74) is 1.30. The Morgan fingerprint density at radius 1 is 1.38 bits per heavy atom. The lowest BCUT2D eigenvalue weighted by Gasteiger charge is -2.22. The smallest absolute Gasteiger partial charge is 0.0971 e. The van der Waals surface area contributed by atoms with Gasteiger partial charge in [-0.3, -0.25) is 5.32 Å². The standard InChI is InChI=1S/C13H21NOS/c1-11-7-12(9-16-11)8-15-10-14-13-5-3-2-4-6-13/h7,9,13-14H,2-6,8,10H2,1H3. The van der Waals surface area contributed by atoms with Gasteiger partial charge in [0.05, 0.1) is 13.3 Å². The largest absolute Gasteiger partial charge is 0.362 e. The number of rotatable bonds is 5. The number of ether oxygens (including phenoxy) is 1. The second-order valence-corrected chi connectivity index (χ2v) is 5.71. The molecule has 16 heavy (non-hydrogen) atoms.